The van der Waals surface area contributed by atoms with Gasteiger partial charge in [0.25, 0.3) is 0 Å². The van der Waals surface area contributed by atoms with Crippen molar-refractivity contribution in [2.24, 2.45) is 0 Å². The third-order valence-electron chi connectivity index (χ3n) is 1.03. The third-order valence-corrected chi connectivity index (χ3v) is 2.28. The molecule has 0 spiro atoms. The molecule has 4 heteroatoms. The number of alkyl halides is 1. The Morgan fingerprint density at radius 3 is 2.67 bits per heavy atom. The second-order valence-corrected chi connectivity index (χ2v) is 4.64. The van der Waals surface area contributed by atoms with Crippen molar-refractivity contribution in [2.75, 3.05) is 0 Å². The second kappa shape index (κ2) is 3.18. The van der Waals surface area contributed by atoms with E-state index < -0.39 is 0 Å². The summed E-state index contributed by atoms with van der Waals surface area (Å²) in [6, 6.07) is 0. The summed E-state index contributed by atoms with van der Waals surface area (Å²) in [6.45, 7) is 2.15. The first-order valence-corrected chi connectivity index (χ1v) is 4.76. The summed E-state index contributed by atoms with van der Waals surface area (Å²) in [6.07, 6.45) is 3.92. The van der Waals surface area contributed by atoms with Crippen molar-refractivity contribution < 1.29 is 0 Å². The van der Waals surface area contributed by atoms with Gasteiger partial charge in [-0.3, -0.25) is 0 Å². The molecule has 0 aliphatic rings. The van der Waals surface area contributed by atoms with E-state index in [1.165, 1.54) is 5.56 Å². The largest absolute Gasteiger partial charge is 0.211 e. The average molecular weight is 348 g/mol. The van der Waals surface area contributed by atoms with Gasteiger partial charge in [0.05, 0.1) is 29.1 Å². The van der Waals surface area contributed by atoms with Gasteiger partial charge in [-0.15, -0.1) is 0 Å². The van der Waals surface area contributed by atoms with Crippen LogP contribution in [0.3, 0.4) is 0 Å². The van der Waals surface area contributed by atoms with Crippen molar-refractivity contribution in [2.45, 2.75) is 10.8 Å². The highest BCUT2D eigenvalue weighted by Gasteiger charge is 2.01. The summed E-state index contributed by atoms with van der Waals surface area (Å²) in [5.74, 6) is 0. The van der Waals surface area contributed by atoms with Crippen LogP contribution in [0.25, 0.3) is 0 Å². The van der Waals surface area contributed by atoms with Gasteiger partial charge in [0, 0.05) is 15.7 Å². The normalized spacial score (nSPS) is 13.7. The van der Waals surface area contributed by atoms with E-state index in [9.17, 15) is 0 Å². The maximum atomic E-state index is 4.04. The number of halogens is 2. The lowest BCUT2D eigenvalue weighted by atomic mass is 10.3. The summed E-state index contributed by atoms with van der Waals surface area (Å²) >= 11 is 4.50. The lowest BCUT2D eigenvalue weighted by Gasteiger charge is -1.93. The van der Waals surface area contributed by atoms with Crippen molar-refractivity contribution in [3.05, 3.63) is 18.0 Å². The molecule has 1 aromatic heterocycles. The van der Waals surface area contributed by atoms with E-state index in [0.29, 0.717) is 3.92 Å². The van der Waals surface area contributed by atoms with Crippen molar-refractivity contribution in [1.82, 2.24) is 7.99 Å². The van der Waals surface area contributed by atoms with Crippen LogP contribution in [0.15, 0.2) is 12.4 Å². The van der Waals surface area contributed by atoms with Crippen LogP contribution in [0.2, 0.25) is 0 Å². The standard InChI is InChI=1S/C5H6I2N2/c1-4(6)5-2-8-9(7)3-5/h2-4H,1H3. The monoisotopic (exact) mass is 348 g/mol. The van der Waals surface area contributed by atoms with Crippen LogP contribution in [0.1, 0.15) is 16.4 Å². The fraction of sp³-hybridized carbons (Fsp3) is 0.400. The van der Waals surface area contributed by atoms with Gasteiger partial charge in [0.2, 0.25) is 0 Å². The molecule has 0 fully saturated rings. The van der Waals surface area contributed by atoms with Gasteiger partial charge in [0.1, 0.15) is 0 Å². The fourth-order valence-corrected chi connectivity index (χ4v) is 1.28. The Labute approximate surface area is 81.6 Å². The highest BCUT2D eigenvalue weighted by Crippen LogP contribution is 2.21. The Morgan fingerprint density at radius 2 is 2.44 bits per heavy atom. The van der Waals surface area contributed by atoms with Crippen molar-refractivity contribution >= 4 is 45.5 Å². The molecule has 0 saturated heterocycles. The molecule has 0 bridgehead atoms. The molecular weight excluding hydrogens is 342 g/mol. The van der Waals surface area contributed by atoms with Crippen molar-refractivity contribution in [3.63, 3.8) is 0 Å². The minimum Gasteiger partial charge on any atom is -0.211 e. The Morgan fingerprint density at radius 1 is 1.78 bits per heavy atom. The van der Waals surface area contributed by atoms with Crippen LogP contribution in [0, 0.1) is 0 Å². The van der Waals surface area contributed by atoms with E-state index in [1.807, 2.05) is 12.4 Å². The number of hydrogen-bond acceptors (Lipinski definition) is 1. The zero-order valence-corrected chi connectivity index (χ0v) is 9.20. The Bertz CT molecular complexity index is 195. The smallest absolute Gasteiger partial charge is 0.0843 e. The predicted molar refractivity (Wildman–Crippen MR) is 54.1 cm³/mol. The maximum absolute atomic E-state index is 4.04. The van der Waals surface area contributed by atoms with Crippen LogP contribution < -0.4 is 0 Å². The molecule has 0 radical (unpaired) electrons. The van der Waals surface area contributed by atoms with Crippen molar-refractivity contribution in [3.8, 4) is 0 Å². The zero-order valence-electron chi connectivity index (χ0n) is 4.88. The SMILES string of the molecule is CC(I)c1cnn(I)c1. The Kier molecular flexibility index (Phi) is 2.74. The third kappa shape index (κ3) is 2.06. The van der Waals surface area contributed by atoms with Gasteiger partial charge in [0.15, 0.2) is 0 Å². The maximum Gasteiger partial charge on any atom is 0.0843 e. The topological polar surface area (TPSA) is 17.8 Å². The molecule has 1 rings (SSSR count). The number of hydrogen-bond donors (Lipinski definition) is 0. The number of aromatic nitrogens is 2. The molecule has 1 unspecified atom stereocenters. The van der Waals surface area contributed by atoms with Crippen LogP contribution in [0.4, 0.5) is 0 Å². The second-order valence-electron chi connectivity index (χ2n) is 1.78. The lowest BCUT2D eigenvalue weighted by Crippen LogP contribution is -1.76. The van der Waals surface area contributed by atoms with Gasteiger partial charge in [-0.25, -0.2) is 2.90 Å². The van der Waals surface area contributed by atoms with Crippen LogP contribution >= 0.6 is 45.5 Å². The van der Waals surface area contributed by atoms with Crippen LogP contribution in [-0.2, 0) is 0 Å². The van der Waals surface area contributed by atoms with Crippen LogP contribution in [-0.4, -0.2) is 7.99 Å². The Balaban J connectivity index is 2.85. The van der Waals surface area contributed by atoms with E-state index in [-0.39, 0.29) is 0 Å². The van der Waals surface area contributed by atoms with Gasteiger partial charge in [-0.1, -0.05) is 22.6 Å². The van der Waals surface area contributed by atoms with E-state index in [2.05, 4.69) is 57.5 Å². The van der Waals surface area contributed by atoms with E-state index in [4.69, 9.17) is 0 Å². The molecule has 2 nitrogen and oxygen atoms in total. The number of rotatable bonds is 1. The van der Waals surface area contributed by atoms with Crippen molar-refractivity contribution in [1.29, 1.82) is 0 Å². The summed E-state index contributed by atoms with van der Waals surface area (Å²) in [5.41, 5.74) is 1.28. The van der Waals surface area contributed by atoms with Gasteiger partial charge < -0.3 is 0 Å². The highest BCUT2D eigenvalue weighted by atomic mass is 127. The highest BCUT2D eigenvalue weighted by molar-refractivity contribution is 14.1. The van der Waals surface area contributed by atoms with Gasteiger partial charge in [-0.05, 0) is 6.92 Å². The van der Waals surface area contributed by atoms with E-state index in [1.54, 1.807) is 2.90 Å². The first-order chi connectivity index (χ1) is 4.20. The molecule has 0 aliphatic heterocycles. The minimum absolute atomic E-state index is 0.561. The molecule has 9 heavy (non-hydrogen) atoms. The summed E-state index contributed by atoms with van der Waals surface area (Å²) in [4.78, 5) is 0. The molecule has 0 saturated carbocycles. The fourth-order valence-electron chi connectivity index (χ4n) is 0.517. The molecule has 0 aliphatic carbocycles. The van der Waals surface area contributed by atoms with Crippen LogP contribution in [0.5, 0.6) is 0 Å². The summed E-state index contributed by atoms with van der Waals surface area (Å²) < 4.78 is 2.36. The molecule has 1 heterocycles. The first-order valence-electron chi connectivity index (χ1n) is 2.55. The zero-order chi connectivity index (χ0) is 6.85. The molecule has 0 aromatic carbocycles. The van der Waals surface area contributed by atoms with Gasteiger partial charge >= 0.3 is 0 Å². The molecular formula is C5H6I2N2. The van der Waals surface area contributed by atoms with E-state index >= 15 is 0 Å². The number of nitrogens with zero attached hydrogens (tertiary/aromatic N) is 2. The molecule has 0 amide bonds. The van der Waals surface area contributed by atoms with E-state index in [0.717, 1.165) is 0 Å². The quantitative estimate of drug-likeness (QED) is 0.564. The Hall–Kier alpha value is 0.670. The minimum atomic E-state index is 0.561. The summed E-state index contributed by atoms with van der Waals surface area (Å²) in [5, 5.41) is 4.04. The average Bonchev–Trinajstić information content (AvgIpc) is 2.14. The summed E-state index contributed by atoms with van der Waals surface area (Å²) in [7, 11) is 0. The van der Waals surface area contributed by atoms with Gasteiger partial charge in [-0.2, -0.15) is 5.10 Å². The molecule has 0 N–H and O–H groups in total. The first kappa shape index (κ1) is 7.77. The molecule has 1 aromatic rings. The molecule has 50 valence electrons. The predicted octanol–water partition coefficient (Wildman–Crippen LogP) is 2.58. The lowest BCUT2D eigenvalue weighted by molar-refractivity contribution is 1.06. The molecule has 1 atom stereocenters.